The summed E-state index contributed by atoms with van der Waals surface area (Å²) in [7, 11) is 0. The number of nitrogens with two attached hydrogens (primary N) is 1. The molecule has 3 heteroatoms. The van der Waals surface area contributed by atoms with E-state index in [-0.39, 0.29) is 0 Å². The first-order chi connectivity index (χ1) is 9.72. The van der Waals surface area contributed by atoms with Crippen LogP contribution in [0, 0.1) is 5.92 Å². The quantitative estimate of drug-likeness (QED) is 0.924. The lowest BCUT2D eigenvalue weighted by atomic mass is 9.89. The SMILES string of the molecule is N[C@@H]1CCC[C@H]1N1CCC(Cc2ccc(Cl)cc2)CC1. The average Bonchev–Trinajstić information content (AvgIpc) is 2.89. The largest absolute Gasteiger partial charge is 0.326 e. The van der Waals surface area contributed by atoms with Crippen LogP contribution in [0.3, 0.4) is 0 Å². The van der Waals surface area contributed by atoms with E-state index in [1.165, 1.54) is 57.2 Å². The molecule has 2 atom stereocenters. The van der Waals surface area contributed by atoms with Crippen molar-refractivity contribution in [2.45, 2.75) is 50.6 Å². The fourth-order valence-electron chi connectivity index (χ4n) is 3.87. The van der Waals surface area contributed by atoms with Crippen molar-refractivity contribution in [3.63, 3.8) is 0 Å². The normalized spacial score (nSPS) is 28.9. The van der Waals surface area contributed by atoms with E-state index in [1.807, 2.05) is 12.1 Å². The summed E-state index contributed by atoms with van der Waals surface area (Å²) in [6.45, 7) is 2.47. The molecule has 0 amide bonds. The molecular weight excluding hydrogens is 268 g/mol. The summed E-state index contributed by atoms with van der Waals surface area (Å²) < 4.78 is 0. The van der Waals surface area contributed by atoms with E-state index >= 15 is 0 Å². The van der Waals surface area contributed by atoms with Crippen molar-refractivity contribution in [3.8, 4) is 0 Å². The second kappa shape index (κ2) is 6.46. The molecule has 20 heavy (non-hydrogen) atoms. The highest BCUT2D eigenvalue weighted by molar-refractivity contribution is 6.30. The van der Waals surface area contributed by atoms with Crippen molar-refractivity contribution in [1.29, 1.82) is 0 Å². The van der Waals surface area contributed by atoms with Crippen LogP contribution in [0.4, 0.5) is 0 Å². The molecule has 1 aliphatic carbocycles. The van der Waals surface area contributed by atoms with Crippen molar-refractivity contribution >= 4 is 11.6 Å². The van der Waals surface area contributed by atoms with Gasteiger partial charge in [0.1, 0.15) is 0 Å². The lowest BCUT2D eigenvalue weighted by Crippen LogP contribution is -2.48. The van der Waals surface area contributed by atoms with Gasteiger partial charge in [0.25, 0.3) is 0 Å². The standard InChI is InChI=1S/C17H25ClN2/c18-15-6-4-13(5-7-15)12-14-8-10-20(11-9-14)17-3-1-2-16(17)19/h4-7,14,16-17H,1-3,8-12,19H2/t16-,17-/m1/s1. The Kier molecular flexibility index (Phi) is 4.65. The molecule has 0 radical (unpaired) electrons. The van der Waals surface area contributed by atoms with Crippen LogP contribution in [0.2, 0.25) is 5.02 Å². The maximum atomic E-state index is 6.23. The number of halogens is 1. The lowest BCUT2D eigenvalue weighted by Gasteiger charge is -2.37. The molecule has 1 saturated carbocycles. The van der Waals surface area contributed by atoms with Crippen LogP contribution in [0.1, 0.15) is 37.7 Å². The van der Waals surface area contributed by atoms with Crippen molar-refractivity contribution < 1.29 is 0 Å². The van der Waals surface area contributed by atoms with Gasteiger partial charge in [0.15, 0.2) is 0 Å². The van der Waals surface area contributed by atoms with Crippen LogP contribution < -0.4 is 5.73 Å². The van der Waals surface area contributed by atoms with Crippen LogP contribution in [0.5, 0.6) is 0 Å². The predicted octanol–water partition coefficient (Wildman–Crippen LogP) is 3.47. The number of hydrogen-bond donors (Lipinski definition) is 1. The minimum atomic E-state index is 0.419. The molecule has 2 nitrogen and oxygen atoms in total. The Labute approximate surface area is 127 Å². The fourth-order valence-corrected chi connectivity index (χ4v) is 3.99. The summed E-state index contributed by atoms with van der Waals surface area (Å²) in [4.78, 5) is 2.65. The van der Waals surface area contributed by atoms with Gasteiger partial charge in [-0.3, -0.25) is 4.90 Å². The minimum absolute atomic E-state index is 0.419. The zero-order valence-electron chi connectivity index (χ0n) is 12.1. The summed E-state index contributed by atoms with van der Waals surface area (Å²) in [5, 5.41) is 0.832. The summed E-state index contributed by atoms with van der Waals surface area (Å²) in [6, 6.07) is 9.42. The van der Waals surface area contributed by atoms with Crippen molar-refractivity contribution in [1.82, 2.24) is 4.90 Å². The monoisotopic (exact) mass is 292 g/mol. The van der Waals surface area contributed by atoms with Crippen LogP contribution >= 0.6 is 11.6 Å². The van der Waals surface area contributed by atoms with Gasteiger partial charge >= 0.3 is 0 Å². The molecule has 1 saturated heterocycles. The number of likely N-dealkylation sites (tertiary alicyclic amines) is 1. The fraction of sp³-hybridized carbons (Fsp3) is 0.647. The van der Waals surface area contributed by atoms with Gasteiger partial charge in [0.2, 0.25) is 0 Å². The molecular formula is C17H25ClN2. The maximum absolute atomic E-state index is 6.23. The molecule has 0 aromatic heterocycles. The Balaban J connectivity index is 1.49. The summed E-state index contributed by atoms with van der Waals surface area (Å²) >= 11 is 5.94. The molecule has 1 heterocycles. The van der Waals surface area contributed by atoms with E-state index < -0.39 is 0 Å². The van der Waals surface area contributed by atoms with Gasteiger partial charge in [-0.25, -0.2) is 0 Å². The van der Waals surface area contributed by atoms with Crippen molar-refractivity contribution in [3.05, 3.63) is 34.9 Å². The predicted molar refractivity (Wildman–Crippen MR) is 85.1 cm³/mol. The van der Waals surface area contributed by atoms with E-state index in [2.05, 4.69) is 17.0 Å². The zero-order valence-corrected chi connectivity index (χ0v) is 12.9. The number of hydrogen-bond acceptors (Lipinski definition) is 2. The molecule has 0 unspecified atom stereocenters. The van der Waals surface area contributed by atoms with Crippen molar-refractivity contribution in [2.75, 3.05) is 13.1 Å². The van der Waals surface area contributed by atoms with Gasteiger partial charge in [0, 0.05) is 17.1 Å². The number of rotatable bonds is 3. The first-order valence-corrected chi connectivity index (χ1v) is 8.34. The Morgan fingerprint density at radius 1 is 1.05 bits per heavy atom. The molecule has 0 bridgehead atoms. The van der Waals surface area contributed by atoms with Crippen LogP contribution in [0.25, 0.3) is 0 Å². The molecule has 110 valence electrons. The molecule has 2 N–H and O–H groups in total. The van der Waals surface area contributed by atoms with Crippen LogP contribution in [-0.2, 0) is 6.42 Å². The van der Waals surface area contributed by atoms with E-state index in [9.17, 15) is 0 Å². The van der Waals surface area contributed by atoms with Gasteiger partial charge in [-0.1, -0.05) is 30.2 Å². The molecule has 1 aromatic carbocycles. The lowest BCUT2D eigenvalue weighted by molar-refractivity contribution is 0.125. The molecule has 3 rings (SSSR count). The smallest absolute Gasteiger partial charge is 0.0406 e. The van der Waals surface area contributed by atoms with Crippen LogP contribution in [0.15, 0.2) is 24.3 Å². The topological polar surface area (TPSA) is 29.3 Å². The molecule has 2 aliphatic rings. The summed E-state index contributed by atoms with van der Waals surface area (Å²) in [6.07, 6.45) is 7.66. The Morgan fingerprint density at radius 2 is 1.75 bits per heavy atom. The third-order valence-corrected chi connectivity index (χ3v) is 5.34. The highest BCUT2D eigenvalue weighted by Gasteiger charge is 2.31. The first-order valence-electron chi connectivity index (χ1n) is 7.96. The van der Waals surface area contributed by atoms with Crippen LogP contribution in [-0.4, -0.2) is 30.1 Å². The Bertz CT molecular complexity index is 423. The number of piperidine rings is 1. The molecule has 1 aromatic rings. The highest BCUT2D eigenvalue weighted by Crippen LogP contribution is 2.28. The zero-order chi connectivity index (χ0) is 13.9. The van der Waals surface area contributed by atoms with E-state index in [0.29, 0.717) is 12.1 Å². The molecule has 0 spiro atoms. The van der Waals surface area contributed by atoms with E-state index in [0.717, 1.165) is 10.9 Å². The molecule has 1 aliphatic heterocycles. The van der Waals surface area contributed by atoms with Gasteiger partial charge < -0.3 is 5.73 Å². The first kappa shape index (κ1) is 14.4. The van der Waals surface area contributed by atoms with Gasteiger partial charge in [-0.15, -0.1) is 0 Å². The van der Waals surface area contributed by atoms with Gasteiger partial charge in [-0.2, -0.15) is 0 Å². The third-order valence-electron chi connectivity index (χ3n) is 5.09. The average molecular weight is 293 g/mol. The summed E-state index contributed by atoms with van der Waals surface area (Å²) in [5.41, 5.74) is 7.65. The molecule has 2 fully saturated rings. The summed E-state index contributed by atoms with van der Waals surface area (Å²) in [5.74, 6) is 0.824. The van der Waals surface area contributed by atoms with Gasteiger partial charge in [0.05, 0.1) is 0 Å². The second-order valence-electron chi connectivity index (χ2n) is 6.47. The highest BCUT2D eigenvalue weighted by atomic mass is 35.5. The third kappa shape index (κ3) is 3.36. The number of nitrogens with zero attached hydrogens (tertiary/aromatic N) is 1. The Hall–Kier alpha value is -0.570. The number of benzene rings is 1. The second-order valence-corrected chi connectivity index (χ2v) is 6.91. The van der Waals surface area contributed by atoms with E-state index in [1.54, 1.807) is 0 Å². The Morgan fingerprint density at radius 3 is 2.35 bits per heavy atom. The van der Waals surface area contributed by atoms with Gasteiger partial charge in [-0.05, 0) is 68.8 Å². The van der Waals surface area contributed by atoms with E-state index in [4.69, 9.17) is 17.3 Å². The van der Waals surface area contributed by atoms with Crippen molar-refractivity contribution in [2.24, 2.45) is 11.7 Å². The maximum Gasteiger partial charge on any atom is 0.0406 e. The minimum Gasteiger partial charge on any atom is -0.326 e.